The number of hydrogen-bond acceptors (Lipinski definition) is 5. The summed E-state index contributed by atoms with van der Waals surface area (Å²) in [4.78, 5) is 27.7. The van der Waals surface area contributed by atoms with Crippen LogP contribution in [-0.4, -0.2) is 66.9 Å². The summed E-state index contributed by atoms with van der Waals surface area (Å²) in [6.45, 7) is 11.0. The lowest BCUT2D eigenvalue weighted by molar-refractivity contribution is -0.144. The summed E-state index contributed by atoms with van der Waals surface area (Å²) in [5.41, 5.74) is 0. The Hall–Kier alpha value is -0.940. The molecule has 1 unspecified atom stereocenters. The third-order valence-electron chi connectivity index (χ3n) is 3.93. The number of ketones is 1. The first-order valence-corrected chi connectivity index (χ1v) is 7.70. The number of rotatable bonds is 8. The van der Waals surface area contributed by atoms with Crippen molar-refractivity contribution in [2.45, 2.75) is 46.1 Å². The van der Waals surface area contributed by atoms with Gasteiger partial charge in [-0.3, -0.25) is 19.4 Å². The van der Waals surface area contributed by atoms with Gasteiger partial charge in [-0.1, -0.05) is 6.92 Å². The molecule has 1 aliphatic heterocycles. The van der Waals surface area contributed by atoms with Gasteiger partial charge in [-0.15, -0.1) is 0 Å². The van der Waals surface area contributed by atoms with Crippen LogP contribution >= 0.6 is 0 Å². The minimum Gasteiger partial charge on any atom is -0.466 e. The molecule has 0 radical (unpaired) electrons. The van der Waals surface area contributed by atoms with Crippen molar-refractivity contribution in [2.24, 2.45) is 0 Å². The molecule has 5 nitrogen and oxygen atoms in total. The van der Waals surface area contributed by atoms with Crippen molar-refractivity contribution in [3.63, 3.8) is 0 Å². The van der Waals surface area contributed by atoms with Crippen LogP contribution in [0.1, 0.15) is 40.0 Å². The van der Waals surface area contributed by atoms with Crippen molar-refractivity contribution >= 4 is 11.8 Å². The SMILES string of the molecule is CCOC(=O)CCC(=O)CN1CCN(C(C)CC)CC1. The van der Waals surface area contributed by atoms with E-state index in [0.29, 0.717) is 25.6 Å². The molecule has 0 bridgehead atoms. The topological polar surface area (TPSA) is 49.9 Å². The molecule has 0 aliphatic carbocycles. The maximum Gasteiger partial charge on any atom is 0.306 e. The van der Waals surface area contributed by atoms with E-state index in [1.807, 2.05) is 0 Å². The minimum atomic E-state index is -0.276. The lowest BCUT2D eigenvalue weighted by Crippen LogP contribution is -2.50. The van der Waals surface area contributed by atoms with E-state index in [1.54, 1.807) is 6.92 Å². The summed E-state index contributed by atoms with van der Waals surface area (Å²) in [5, 5.41) is 0. The number of nitrogens with zero attached hydrogens (tertiary/aromatic N) is 2. The van der Waals surface area contributed by atoms with Gasteiger partial charge in [0.15, 0.2) is 0 Å². The van der Waals surface area contributed by atoms with Gasteiger partial charge in [0.2, 0.25) is 0 Å². The zero-order valence-electron chi connectivity index (χ0n) is 13.1. The van der Waals surface area contributed by atoms with Crippen molar-refractivity contribution in [1.29, 1.82) is 0 Å². The minimum absolute atomic E-state index is 0.134. The van der Waals surface area contributed by atoms with Gasteiger partial charge >= 0.3 is 5.97 Å². The molecule has 0 aromatic heterocycles. The molecule has 1 heterocycles. The Morgan fingerprint density at radius 3 is 2.30 bits per heavy atom. The van der Waals surface area contributed by atoms with Crippen LogP contribution in [0.5, 0.6) is 0 Å². The van der Waals surface area contributed by atoms with Gasteiger partial charge in [-0.05, 0) is 20.3 Å². The Morgan fingerprint density at radius 2 is 1.75 bits per heavy atom. The average molecular weight is 284 g/mol. The molecular formula is C15H28N2O3. The fourth-order valence-electron chi connectivity index (χ4n) is 2.42. The second kappa shape index (κ2) is 9.08. The largest absolute Gasteiger partial charge is 0.466 e. The predicted octanol–water partition coefficient (Wildman–Crippen LogP) is 1.31. The first-order chi connectivity index (χ1) is 9.56. The van der Waals surface area contributed by atoms with Gasteiger partial charge < -0.3 is 4.74 Å². The number of hydrogen-bond donors (Lipinski definition) is 0. The Bertz CT molecular complexity index is 312. The number of ether oxygens (including phenoxy) is 1. The van der Waals surface area contributed by atoms with E-state index in [0.717, 1.165) is 26.2 Å². The average Bonchev–Trinajstić information content (AvgIpc) is 2.45. The van der Waals surface area contributed by atoms with E-state index in [4.69, 9.17) is 4.74 Å². The van der Waals surface area contributed by atoms with E-state index >= 15 is 0 Å². The molecule has 20 heavy (non-hydrogen) atoms. The van der Waals surface area contributed by atoms with Gasteiger partial charge in [-0.25, -0.2) is 0 Å². The standard InChI is InChI=1S/C15H28N2O3/c1-4-13(3)17-10-8-16(9-11-17)12-14(18)6-7-15(19)20-5-2/h13H,4-12H2,1-3H3. The summed E-state index contributed by atoms with van der Waals surface area (Å²) in [6, 6.07) is 0.622. The van der Waals surface area contributed by atoms with Crippen molar-refractivity contribution in [3.8, 4) is 0 Å². The van der Waals surface area contributed by atoms with Crippen molar-refractivity contribution in [1.82, 2.24) is 9.80 Å². The quantitative estimate of drug-likeness (QED) is 0.629. The Kier molecular flexibility index (Phi) is 7.77. The Labute approximate surface area is 122 Å². The Balaban J connectivity index is 2.19. The van der Waals surface area contributed by atoms with Crippen LogP contribution in [0.2, 0.25) is 0 Å². The number of carbonyl (C=O) groups excluding carboxylic acids is 2. The molecule has 5 heteroatoms. The second-order valence-corrected chi connectivity index (χ2v) is 5.41. The second-order valence-electron chi connectivity index (χ2n) is 5.41. The van der Waals surface area contributed by atoms with Crippen LogP contribution in [0.15, 0.2) is 0 Å². The van der Waals surface area contributed by atoms with Crippen molar-refractivity contribution in [3.05, 3.63) is 0 Å². The smallest absolute Gasteiger partial charge is 0.306 e. The number of esters is 1. The van der Waals surface area contributed by atoms with Crippen molar-refractivity contribution in [2.75, 3.05) is 39.3 Å². The zero-order valence-corrected chi connectivity index (χ0v) is 13.1. The number of carbonyl (C=O) groups is 2. The van der Waals surface area contributed by atoms with Gasteiger partial charge in [-0.2, -0.15) is 0 Å². The zero-order chi connectivity index (χ0) is 15.0. The van der Waals surface area contributed by atoms with E-state index < -0.39 is 0 Å². The molecule has 0 spiro atoms. The fourth-order valence-corrected chi connectivity index (χ4v) is 2.42. The van der Waals surface area contributed by atoms with Gasteiger partial charge in [0, 0.05) is 38.6 Å². The third kappa shape index (κ3) is 6.01. The monoisotopic (exact) mass is 284 g/mol. The molecule has 1 atom stereocenters. The lowest BCUT2D eigenvalue weighted by Gasteiger charge is -2.37. The number of Topliss-reactive ketones (excluding diaryl/α,β-unsaturated/α-hetero) is 1. The van der Waals surface area contributed by atoms with Crippen LogP contribution in [0.25, 0.3) is 0 Å². The van der Waals surface area contributed by atoms with Gasteiger partial charge in [0.1, 0.15) is 5.78 Å². The van der Waals surface area contributed by atoms with Crippen LogP contribution < -0.4 is 0 Å². The summed E-state index contributed by atoms with van der Waals surface area (Å²) < 4.78 is 4.82. The third-order valence-corrected chi connectivity index (χ3v) is 3.93. The van der Waals surface area contributed by atoms with E-state index in [-0.39, 0.29) is 18.2 Å². The van der Waals surface area contributed by atoms with Crippen LogP contribution in [0.4, 0.5) is 0 Å². The highest BCUT2D eigenvalue weighted by molar-refractivity contribution is 5.84. The highest BCUT2D eigenvalue weighted by Gasteiger charge is 2.21. The highest BCUT2D eigenvalue weighted by Crippen LogP contribution is 2.09. The predicted molar refractivity (Wildman–Crippen MR) is 78.6 cm³/mol. The Morgan fingerprint density at radius 1 is 1.10 bits per heavy atom. The van der Waals surface area contributed by atoms with E-state index in [9.17, 15) is 9.59 Å². The van der Waals surface area contributed by atoms with Crippen LogP contribution in [0.3, 0.4) is 0 Å². The van der Waals surface area contributed by atoms with E-state index in [2.05, 4.69) is 23.6 Å². The van der Waals surface area contributed by atoms with Gasteiger partial charge in [0.05, 0.1) is 19.6 Å². The normalized spacial score (nSPS) is 18.8. The molecule has 1 saturated heterocycles. The molecule has 0 N–H and O–H groups in total. The molecule has 116 valence electrons. The highest BCUT2D eigenvalue weighted by atomic mass is 16.5. The summed E-state index contributed by atoms with van der Waals surface area (Å²) in [7, 11) is 0. The summed E-state index contributed by atoms with van der Waals surface area (Å²) in [6.07, 6.45) is 1.67. The fraction of sp³-hybridized carbons (Fsp3) is 0.867. The number of piperazine rings is 1. The summed E-state index contributed by atoms with van der Waals surface area (Å²) >= 11 is 0. The van der Waals surface area contributed by atoms with Gasteiger partial charge in [0.25, 0.3) is 0 Å². The molecular weight excluding hydrogens is 256 g/mol. The first kappa shape index (κ1) is 17.1. The summed E-state index contributed by atoms with van der Waals surface area (Å²) in [5.74, 6) is -0.141. The molecule has 0 aromatic rings. The van der Waals surface area contributed by atoms with Crippen LogP contribution in [-0.2, 0) is 14.3 Å². The molecule has 1 fully saturated rings. The maximum absolute atomic E-state index is 11.8. The first-order valence-electron chi connectivity index (χ1n) is 7.70. The maximum atomic E-state index is 11.8. The molecule has 0 amide bonds. The van der Waals surface area contributed by atoms with E-state index in [1.165, 1.54) is 6.42 Å². The molecule has 0 saturated carbocycles. The van der Waals surface area contributed by atoms with Crippen molar-refractivity contribution < 1.29 is 14.3 Å². The molecule has 0 aromatic carbocycles. The molecule has 1 rings (SSSR count). The van der Waals surface area contributed by atoms with Crippen LogP contribution in [0, 0.1) is 0 Å². The lowest BCUT2D eigenvalue weighted by atomic mass is 10.1. The molecule has 1 aliphatic rings.